The van der Waals surface area contributed by atoms with Gasteiger partial charge in [0.15, 0.2) is 0 Å². The number of amides is 1. The first-order valence-electron chi connectivity index (χ1n) is 16.7. The molecule has 43 heavy (non-hydrogen) atoms. The molecule has 1 amide bonds. The minimum Gasteiger partial charge on any atom is -0.480 e. The average molecular weight is 612 g/mol. The van der Waals surface area contributed by atoms with Gasteiger partial charge in [0.2, 0.25) is 5.91 Å². The maximum atomic E-state index is 12.2. The molecular formula is C33H61N3O7. The molecule has 0 spiro atoms. The van der Waals surface area contributed by atoms with E-state index >= 15 is 0 Å². The summed E-state index contributed by atoms with van der Waals surface area (Å²) >= 11 is 0. The van der Waals surface area contributed by atoms with E-state index in [0.29, 0.717) is 44.2 Å². The van der Waals surface area contributed by atoms with E-state index in [-0.39, 0.29) is 24.2 Å². The molecule has 0 aromatic carbocycles. The first-order chi connectivity index (χ1) is 20.6. The van der Waals surface area contributed by atoms with Crippen molar-refractivity contribution in [1.29, 1.82) is 0 Å². The minimum absolute atomic E-state index is 0.0335. The summed E-state index contributed by atoms with van der Waals surface area (Å²) in [6.07, 6.45) is 19.2. The van der Waals surface area contributed by atoms with Gasteiger partial charge in [-0.25, -0.2) is 15.6 Å². The summed E-state index contributed by atoms with van der Waals surface area (Å²) in [7, 11) is 0. The zero-order valence-electron chi connectivity index (χ0n) is 27.2. The second kappa shape index (κ2) is 27.4. The number of ketones is 2. The van der Waals surface area contributed by atoms with E-state index in [0.717, 1.165) is 51.4 Å². The Morgan fingerprint density at radius 3 is 1.56 bits per heavy atom. The Morgan fingerprint density at radius 2 is 1.14 bits per heavy atom. The van der Waals surface area contributed by atoms with E-state index in [1.54, 1.807) is 0 Å². The number of aliphatic hydroxyl groups is 1. The van der Waals surface area contributed by atoms with E-state index in [2.05, 4.69) is 16.2 Å². The van der Waals surface area contributed by atoms with Gasteiger partial charge < -0.3 is 20.3 Å². The maximum Gasteiger partial charge on any atom is 0.326 e. The Bertz CT molecular complexity index is 776. The fraction of sp³-hybridized carbons (Fsp3) is 0.848. The number of carbonyl (C=O) groups is 5. The van der Waals surface area contributed by atoms with Gasteiger partial charge in [-0.05, 0) is 44.9 Å². The third kappa shape index (κ3) is 24.9. The number of aldehydes is 1. The fourth-order valence-corrected chi connectivity index (χ4v) is 5.01. The van der Waals surface area contributed by atoms with Crippen LogP contribution in [0.4, 0.5) is 0 Å². The lowest BCUT2D eigenvalue weighted by Crippen LogP contribution is -2.51. The van der Waals surface area contributed by atoms with Crippen LogP contribution >= 0.6 is 0 Å². The number of carboxylic acids is 1. The van der Waals surface area contributed by atoms with E-state index < -0.39 is 24.1 Å². The van der Waals surface area contributed by atoms with Crippen LogP contribution in [-0.4, -0.2) is 64.7 Å². The lowest BCUT2D eigenvalue weighted by molar-refractivity contribution is -0.142. The average Bonchev–Trinajstić information content (AvgIpc) is 2.95. The summed E-state index contributed by atoms with van der Waals surface area (Å²) in [5.41, 5.74) is 5.49. The summed E-state index contributed by atoms with van der Waals surface area (Å²) in [4.78, 5) is 57.9. The highest BCUT2D eigenvalue weighted by atomic mass is 16.4. The Kier molecular flexibility index (Phi) is 26.0. The summed E-state index contributed by atoms with van der Waals surface area (Å²) in [5, 5.41) is 20.9. The molecule has 0 saturated heterocycles. The molecule has 0 bridgehead atoms. The molecule has 0 aliphatic heterocycles. The number of aliphatic carboxylic acids is 1. The molecule has 0 saturated carbocycles. The van der Waals surface area contributed by atoms with Crippen molar-refractivity contribution in [3.05, 3.63) is 0 Å². The number of Topliss-reactive ketones (excluding diaryl/α,β-unsaturated/α-hetero) is 2. The molecule has 10 nitrogen and oxygen atoms in total. The van der Waals surface area contributed by atoms with Crippen LogP contribution in [0.25, 0.3) is 0 Å². The Balaban J connectivity index is 3.58. The van der Waals surface area contributed by atoms with E-state index in [9.17, 15) is 29.1 Å². The molecule has 0 aromatic heterocycles. The van der Waals surface area contributed by atoms with Crippen molar-refractivity contribution in [1.82, 2.24) is 16.2 Å². The van der Waals surface area contributed by atoms with Crippen molar-refractivity contribution >= 4 is 29.7 Å². The highest BCUT2D eigenvalue weighted by Crippen LogP contribution is 2.14. The van der Waals surface area contributed by atoms with Crippen LogP contribution in [0.3, 0.4) is 0 Å². The molecule has 0 aliphatic carbocycles. The maximum absolute atomic E-state index is 12.2. The predicted molar refractivity (Wildman–Crippen MR) is 169 cm³/mol. The molecule has 0 rings (SSSR count). The number of rotatable bonds is 31. The van der Waals surface area contributed by atoms with Crippen LogP contribution in [0.2, 0.25) is 0 Å². The van der Waals surface area contributed by atoms with Crippen molar-refractivity contribution in [2.24, 2.45) is 5.92 Å². The number of hydrogen-bond donors (Lipinski definition) is 5. The molecule has 0 radical (unpaired) electrons. The first kappa shape index (κ1) is 40.8. The summed E-state index contributed by atoms with van der Waals surface area (Å²) in [6, 6.07) is -1.95. The zero-order chi connectivity index (χ0) is 32.3. The van der Waals surface area contributed by atoms with Crippen molar-refractivity contribution in [3.63, 3.8) is 0 Å². The van der Waals surface area contributed by atoms with Crippen LogP contribution in [0.5, 0.6) is 0 Å². The van der Waals surface area contributed by atoms with Gasteiger partial charge in [0.1, 0.15) is 23.9 Å². The van der Waals surface area contributed by atoms with E-state index in [1.807, 2.05) is 13.8 Å². The number of nitrogens with one attached hydrogen (secondary N) is 3. The predicted octanol–water partition coefficient (Wildman–Crippen LogP) is 5.19. The van der Waals surface area contributed by atoms with E-state index in [1.165, 1.54) is 51.9 Å². The Morgan fingerprint density at radius 1 is 0.674 bits per heavy atom. The molecule has 0 fully saturated rings. The number of hydrogen-bond acceptors (Lipinski definition) is 8. The smallest absolute Gasteiger partial charge is 0.326 e. The normalized spacial score (nSPS) is 13.4. The zero-order valence-corrected chi connectivity index (χ0v) is 27.2. The number of carboxylic acid groups (broad SMARTS) is 1. The SMILES string of the molecule is CC(=O)C(CCCCCC(=O)CCCCCCCCCCCCCCC(=O)NC(CC(C)C)C(=O)O)NN[C@H](C=O)CO. The second-order valence-electron chi connectivity index (χ2n) is 12.3. The summed E-state index contributed by atoms with van der Waals surface area (Å²) < 4.78 is 0. The van der Waals surface area contributed by atoms with E-state index in [4.69, 9.17) is 5.11 Å². The quantitative estimate of drug-likeness (QED) is 0.0403. The summed E-state index contributed by atoms with van der Waals surface area (Å²) in [6.45, 7) is 5.05. The van der Waals surface area contributed by atoms with Crippen molar-refractivity contribution in [2.45, 2.75) is 167 Å². The molecule has 2 unspecified atom stereocenters. The number of aliphatic hydroxyl groups excluding tert-OH is 1. The van der Waals surface area contributed by atoms with Gasteiger partial charge in [0, 0.05) is 19.3 Å². The monoisotopic (exact) mass is 611 g/mol. The number of carbonyl (C=O) groups excluding carboxylic acids is 4. The third-order valence-electron chi connectivity index (χ3n) is 7.69. The van der Waals surface area contributed by atoms with Crippen LogP contribution in [0.1, 0.15) is 149 Å². The van der Waals surface area contributed by atoms with Crippen molar-refractivity contribution in [2.75, 3.05) is 6.61 Å². The van der Waals surface area contributed by atoms with Crippen molar-refractivity contribution in [3.8, 4) is 0 Å². The Labute approximate surface area is 259 Å². The van der Waals surface area contributed by atoms with Gasteiger partial charge in [-0.2, -0.15) is 0 Å². The molecule has 0 heterocycles. The van der Waals surface area contributed by atoms with Crippen LogP contribution in [0, 0.1) is 5.92 Å². The summed E-state index contributed by atoms with van der Waals surface area (Å²) in [5.74, 6) is -0.625. The van der Waals surface area contributed by atoms with Crippen LogP contribution < -0.4 is 16.2 Å². The molecule has 10 heteroatoms. The van der Waals surface area contributed by atoms with Gasteiger partial charge in [0.25, 0.3) is 0 Å². The minimum atomic E-state index is -0.964. The second-order valence-corrected chi connectivity index (χ2v) is 12.3. The lowest BCUT2D eigenvalue weighted by atomic mass is 10.0. The van der Waals surface area contributed by atoms with Gasteiger partial charge in [0.05, 0.1) is 18.7 Å². The van der Waals surface area contributed by atoms with Gasteiger partial charge >= 0.3 is 5.97 Å². The molecule has 250 valence electrons. The number of unbranched alkanes of at least 4 members (excludes halogenated alkanes) is 13. The van der Waals surface area contributed by atoms with Gasteiger partial charge in [-0.3, -0.25) is 14.4 Å². The third-order valence-corrected chi connectivity index (χ3v) is 7.69. The lowest BCUT2D eigenvalue weighted by Gasteiger charge is -2.18. The Hall–Kier alpha value is -2.17. The van der Waals surface area contributed by atoms with Gasteiger partial charge in [-0.15, -0.1) is 0 Å². The van der Waals surface area contributed by atoms with Crippen molar-refractivity contribution < 1.29 is 34.2 Å². The van der Waals surface area contributed by atoms with Gasteiger partial charge in [-0.1, -0.05) is 90.9 Å². The molecule has 3 atom stereocenters. The largest absolute Gasteiger partial charge is 0.480 e. The standard InChI is InChI=1S/C33H61N3O7/c1-26(2)23-31(33(42)43)34-32(41)22-18-13-11-9-7-5-4-6-8-10-12-15-19-29(40)20-16-14-17-21-30(27(3)39)36-35-28(24-37)25-38/h24,26,28,30-31,35-36,38H,4-23,25H2,1-3H3,(H,34,41)(H,42,43)/t28-,30?,31?/m1/s1. The topological polar surface area (TPSA) is 162 Å². The number of hydrazine groups is 1. The molecule has 0 aromatic rings. The van der Waals surface area contributed by atoms with Crippen LogP contribution in [-0.2, 0) is 24.0 Å². The molecular weight excluding hydrogens is 550 g/mol. The fourth-order valence-electron chi connectivity index (χ4n) is 5.01. The van der Waals surface area contributed by atoms with Crippen LogP contribution in [0.15, 0.2) is 0 Å². The molecule has 5 N–H and O–H groups in total. The molecule has 0 aliphatic rings. The first-order valence-corrected chi connectivity index (χ1v) is 16.7. The highest BCUT2D eigenvalue weighted by molar-refractivity contribution is 5.83. The highest BCUT2D eigenvalue weighted by Gasteiger charge is 2.20.